The lowest BCUT2D eigenvalue weighted by molar-refractivity contribution is -0.131. The van der Waals surface area contributed by atoms with Crippen LogP contribution in [0.5, 0.6) is 0 Å². The molecule has 0 spiro atoms. The van der Waals surface area contributed by atoms with Gasteiger partial charge in [-0.05, 0) is 71.7 Å². The number of carbonyl (C=O) groups is 1. The Morgan fingerprint density at radius 3 is 1.65 bits per heavy atom. The van der Waals surface area contributed by atoms with Crippen molar-refractivity contribution in [2.24, 2.45) is 0 Å². The van der Waals surface area contributed by atoms with Gasteiger partial charge in [0.1, 0.15) is 30.8 Å². The van der Waals surface area contributed by atoms with E-state index in [2.05, 4.69) is 88.9 Å². The van der Waals surface area contributed by atoms with E-state index >= 15 is 0 Å². The number of rotatable bonds is 19. The topological polar surface area (TPSA) is 195 Å². The first-order chi connectivity index (χ1) is 35.1. The van der Waals surface area contributed by atoms with Crippen LogP contribution in [0.25, 0.3) is 0 Å². The highest BCUT2D eigenvalue weighted by Crippen LogP contribution is 2.58. The monoisotopic (exact) mass is 1100 g/mol. The molecule has 0 saturated carbocycles. The third kappa shape index (κ3) is 12.8. The molecule has 2 N–H and O–H groups in total. The van der Waals surface area contributed by atoms with Crippen LogP contribution in [0.1, 0.15) is 103 Å². The number of amides is 1. The first-order valence-electron chi connectivity index (χ1n) is 25.4. The van der Waals surface area contributed by atoms with Crippen molar-refractivity contribution in [2.75, 3.05) is 20.3 Å². The van der Waals surface area contributed by atoms with Gasteiger partial charge < -0.3 is 32.3 Å². The molecule has 0 radical (unpaired) electrons. The number of nitrogens with zero attached hydrogens (tertiary/aromatic N) is 3. The number of hydrogen-bond acceptors (Lipinski definition) is 13. The lowest BCUT2D eigenvalue weighted by Crippen LogP contribution is -2.67. The van der Waals surface area contributed by atoms with E-state index in [4.69, 9.17) is 43.7 Å². The zero-order valence-electron chi connectivity index (χ0n) is 45.4. The average Bonchev–Trinajstić information content (AvgIpc) is 3.94. The van der Waals surface area contributed by atoms with Crippen molar-refractivity contribution < 1.29 is 36.7 Å². The van der Waals surface area contributed by atoms with Crippen LogP contribution >= 0.6 is 6.72 Å². The molecule has 7 rings (SSSR count). The van der Waals surface area contributed by atoms with E-state index in [0.717, 1.165) is 10.4 Å². The highest BCUT2D eigenvalue weighted by atomic mass is 32.5. The second-order valence-corrected chi connectivity index (χ2v) is 34.2. The van der Waals surface area contributed by atoms with Gasteiger partial charge in [-0.15, -0.1) is 0 Å². The molecular weight excluding hydrogens is 1030 g/mol. The van der Waals surface area contributed by atoms with Gasteiger partial charge in [-0.25, -0.2) is 9.59 Å². The number of carbonyl (C=O) groups excluding carboxylic acids is 1. The van der Waals surface area contributed by atoms with Crippen molar-refractivity contribution in [1.29, 1.82) is 0 Å². The maximum absolute atomic E-state index is 13.6. The van der Waals surface area contributed by atoms with Crippen molar-refractivity contribution in [3.8, 4) is 0 Å². The zero-order valence-corrected chi connectivity index (χ0v) is 49.1. The molecule has 0 aliphatic carbocycles. The van der Waals surface area contributed by atoms with Crippen LogP contribution in [0.15, 0.2) is 123 Å². The molecule has 21 heteroatoms. The van der Waals surface area contributed by atoms with Crippen LogP contribution in [-0.4, -0.2) is 97.3 Å². The maximum atomic E-state index is 13.6. The fourth-order valence-corrected chi connectivity index (χ4v) is 17.9. The van der Waals surface area contributed by atoms with E-state index in [1.165, 1.54) is 28.5 Å². The quantitative estimate of drug-likeness (QED) is 0.0611. The van der Waals surface area contributed by atoms with Gasteiger partial charge in [0.2, 0.25) is 5.91 Å². The van der Waals surface area contributed by atoms with Crippen LogP contribution in [0, 0.1) is 13.8 Å². The van der Waals surface area contributed by atoms with E-state index in [9.17, 15) is 24.0 Å². The molecule has 17 nitrogen and oxygen atoms in total. The van der Waals surface area contributed by atoms with Crippen molar-refractivity contribution in [3.63, 3.8) is 0 Å². The fourth-order valence-electron chi connectivity index (χ4n) is 9.52. The van der Waals surface area contributed by atoms with Gasteiger partial charge >= 0.3 is 18.1 Å². The first kappa shape index (κ1) is 58.0. The van der Waals surface area contributed by atoms with Gasteiger partial charge in [0.05, 0.1) is 31.5 Å². The molecule has 75 heavy (non-hydrogen) atoms. The van der Waals surface area contributed by atoms with E-state index in [1.54, 1.807) is 25.8 Å². The van der Waals surface area contributed by atoms with Gasteiger partial charge in [0, 0.05) is 50.3 Å². The molecule has 406 valence electrons. The predicted octanol–water partition coefficient (Wildman–Crippen LogP) is 7.50. The summed E-state index contributed by atoms with van der Waals surface area (Å²) in [7, 11) is -4.03. The van der Waals surface area contributed by atoms with Gasteiger partial charge in [0.25, 0.3) is 19.4 Å². The van der Waals surface area contributed by atoms with Crippen molar-refractivity contribution in [1.82, 2.24) is 24.0 Å². The largest absolute Gasteiger partial charge is 0.411 e. The Morgan fingerprint density at radius 1 is 0.747 bits per heavy atom. The molecule has 3 aromatic carbocycles. The molecule has 0 bridgehead atoms. The summed E-state index contributed by atoms with van der Waals surface area (Å²) in [6.07, 6.45) is -2.71. The Bertz CT molecular complexity index is 3030. The summed E-state index contributed by atoms with van der Waals surface area (Å²) >= 11 is 6.60. The summed E-state index contributed by atoms with van der Waals surface area (Å²) in [5.41, 5.74) is -0.979. The average molecular weight is 1100 g/mol. The number of hydrogen-bond donors (Lipinski definition) is 2. The second kappa shape index (κ2) is 23.1. The normalized spacial score (nSPS) is 22.1. The number of likely N-dealkylation sites (N-methyl/N-ethyl adjacent to an activating group) is 1. The number of aromatic nitrogens is 4. The Labute approximate surface area is 446 Å². The summed E-state index contributed by atoms with van der Waals surface area (Å²) in [6.45, 7) is 19.4. The first-order valence-corrected chi connectivity index (χ1v) is 32.8. The van der Waals surface area contributed by atoms with Crippen molar-refractivity contribution >= 4 is 51.4 Å². The molecule has 5 aromatic rings. The molecule has 1 amide bonds. The van der Waals surface area contributed by atoms with E-state index in [1.807, 2.05) is 73.7 Å². The van der Waals surface area contributed by atoms with Crippen LogP contribution in [0.3, 0.4) is 0 Å². The number of nitrogens with one attached hydrogen (secondary N) is 2. The standard InChI is InChI=1S/C54H74N5O12PSSi2/c1-35-31-58(51(63)55-49(35)61)46-29-42(45(68-46)34-66-75(54(8,9)10,40-25-19-15-20-26-40)41-27-21-16-22-28-41)69-72(73,70-48(37(3)57(11)38(4)60)39-23-17-14-18-24-39)65-33-44-43(71-74(12,13)53(5,6)7)30-47(67-44)59-32-36(2)50(62)56-52(59)64/h14-28,31-32,37,42-48H,29-30,33-34H2,1-13H3,(H,55,61,63)(H,56,62,64)/t37-,42+,43+,44-,45-,46-,47-,48-,72?/m1/s1. The van der Waals surface area contributed by atoms with Gasteiger partial charge in [-0.1, -0.05) is 133 Å². The van der Waals surface area contributed by atoms with Crippen LogP contribution in [-0.2, 0) is 48.5 Å². The third-order valence-corrected chi connectivity index (χ3v) is 26.8. The Morgan fingerprint density at radius 2 is 1.20 bits per heavy atom. The van der Waals surface area contributed by atoms with Crippen LogP contribution in [0.2, 0.25) is 23.2 Å². The molecule has 2 aromatic heterocycles. The molecule has 9 atom stereocenters. The molecular formula is C54H74N5O12PSSi2. The molecule has 1 unspecified atom stereocenters. The van der Waals surface area contributed by atoms with Gasteiger partial charge in [-0.3, -0.25) is 38.0 Å². The fraction of sp³-hybridized carbons (Fsp3) is 0.500. The van der Waals surface area contributed by atoms with Crippen LogP contribution < -0.4 is 32.9 Å². The minimum absolute atomic E-state index is 0.0182. The molecule has 2 saturated heterocycles. The summed E-state index contributed by atoms with van der Waals surface area (Å²) < 4.78 is 52.0. The Kier molecular flexibility index (Phi) is 17.9. The van der Waals surface area contributed by atoms with E-state index < -0.39 is 99.9 Å². The highest BCUT2D eigenvalue weighted by molar-refractivity contribution is 8.07. The predicted molar refractivity (Wildman–Crippen MR) is 298 cm³/mol. The smallest absolute Gasteiger partial charge is 0.330 e. The van der Waals surface area contributed by atoms with Gasteiger partial charge in [-0.2, -0.15) is 0 Å². The number of ether oxygens (including phenoxy) is 2. The zero-order chi connectivity index (χ0) is 54.8. The molecule has 4 heterocycles. The molecule has 2 fully saturated rings. The van der Waals surface area contributed by atoms with E-state index in [-0.39, 0.29) is 37.0 Å². The maximum Gasteiger partial charge on any atom is 0.330 e. The lowest BCUT2D eigenvalue weighted by Gasteiger charge is -2.43. The molecule has 2 aliphatic heterocycles. The minimum atomic E-state index is -4.10. The van der Waals surface area contributed by atoms with Crippen molar-refractivity contribution in [2.45, 2.75) is 154 Å². The number of aromatic amines is 2. The van der Waals surface area contributed by atoms with Crippen molar-refractivity contribution in [3.05, 3.63) is 162 Å². The number of benzene rings is 3. The minimum Gasteiger partial charge on any atom is -0.411 e. The van der Waals surface area contributed by atoms with E-state index in [0.29, 0.717) is 16.7 Å². The third-order valence-electron chi connectivity index (χ3n) is 15.0. The number of H-pyrrole nitrogens is 2. The lowest BCUT2D eigenvalue weighted by atomic mass is 10.0. The Hall–Kier alpha value is -4.71. The SMILES string of the molecule is CC(=O)N(C)[C@H](C)[C@@H](OP(=S)(OC[C@H]1O[C@@H](n2cc(C)c(=O)[nH]c2=O)C[C@@H]1O[Si](C)(C)C(C)(C)C)O[C@H]1C[C@H](n2cc(C)c(=O)[nH]c2=O)O[C@@H]1CO[Si](c1ccccc1)(c1ccccc1)C(C)(C)C)c1ccccc1. The number of aryl methyl sites for hydroxylation is 2. The summed E-state index contributed by atoms with van der Waals surface area (Å²) in [6, 6.07) is 29.1. The summed E-state index contributed by atoms with van der Waals surface area (Å²) in [5, 5.41) is 1.46. The van der Waals surface area contributed by atoms with Crippen LogP contribution in [0.4, 0.5) is 0 Å². The Balaban J connectivity index is 1.33. The second-order valence-electron chi connectivity index (χ2n) is 22.3. The molecule has 2 aliphatic rings. The highest BCUT2D eigenvalue weighted by Gasteiger charge is 2.53. The summed E-state index contributed by atoms with van der Waals surface area (Å²) in [5.74, 6) is -0.208. The van der Waals surface area contributed by atoms with Gasteiger partial charge in [0.15, 0.2) is 8.32 Å². The summed E-state index contributed by atoms with van der Waals surface area (Å²) in [4.78, 5) is 71.6.